The molecule has 32 heavy (non-hydrogen) atoms. The zero-order valence-corrected chi connectivity index (χ0v) is 20.5. The van der Waals surface area contributed by atoms with Crippen LogP contribution in [-0.4, -0.2) is 65.9 Å². The molecule has 0 fully saturated rings. The van der Waals surface area contributed by atoms with E-state index in [4.69, 9.17) is 9.47 Å². The van der Waals surface area contributed by atoms with Crippen LogP contribution in [0.4, 0.5) is 0 Å². The highest BCUT2D eigenvalue weighted by Crippen LogP contribution is 2.22. The lowest BCUT2D eigenvalue weighted by Gasteiger charge is -2.32. The molecule has 3 amide bonds. The summed E-state index contributed by atoms with van der Waals surface area (Å²) in [5.41, 5.74) is -0.777. The molecule has 0 aromatic rings. The first-order chi connectivity index (χ1) is 14.9. The Kier molecular flexibility index (Phi) is 11.2. The van der Waals surface area contributed by atoms with Crippen LogP contribution in [0.15, 0.2) is 12.2 Å². The average molecular weight is 453 g/mol. The third kappa shape index (κ3) is 10.0. The van der Waals surface area contributed by atoms with Crippen molar-refractivity contribution in [3.8, 4) is 0 Å². The summed E-state index contributed by atoms with van der Waals surface area (Å²) >= 11 is 0. The molecule has 0 radical (unpaired) electrons. The molecule has 1 unspecified atom stereocenters. The van der Waals surface area contributed by atoms with Crippen LogP contribution in [0.3, 0.4) is 0 Å². The van der Waals surface area contributed by atoms with Gasteiger partial charge in [0.15, 0.2) is 0 Å². The number of hydrogen-bond donors (Lipinski definition) is 1. The van der Waals surface area contributed by atoms with Crippen molar-refractivity contribution in [1.82, 2.24) is 10.2 Å². The van der Waals surface area contributed by atoms with Crippen molar-refractivity contribution in [3.05, 3.63) is 12.2 Å². The van der Waals surface area contributed by atoms with Gasteiger partial charge in [-0.15, -0.1) is 0 Å². The molecule has 8 heteroatoms. The average Bonchev–Trinajstić information content (AvgIpc) is 3.03. The second-order valence-electron chi connectivity index (χ2n) is 9.39. The van der Waals surface area contributed by atoms with Crippen LogP contribution in [0, 0.1) is 5.92 Å². The van der Waals surface area contributed by atoms with E-state index in [9.17, 15) is 19.2 Å². The van der Waals surface area contributed by atoms with Gasteiger partial charge in [-0.25, -0.2) is 0 Å². The largest absolute Gasteiger partial charge is 0.375 e. The van der Waals surface area contributed by atoms with Crippen LogP contribution in [0.2, 0.25) is 0 Å². The van der Waals surface area contributed by atoms with Gasteiger partial charge in [0.2, 0.25) is 5.91 Å². The molecule has 0 spiro atoms. The number of carbonyl (C=O) groups excluding carboxylic acids is 4. The first kappa shape index (κ1) is 28.0. The molecule has 8 nitrogen and oxygen atoms in total. The molecule has 0 bridgehead atoms. The summed E-state index contributed by atoms with van der Waals surface area (Å²) in [6.07, 6.45) is 5.04. The molecule has 0 saturated heterocycles. The van der Waals surface area contributed by atoms with E-state index in [0.29, 0.717) is 39.0 Å². The van der Waals surface area contributed by atoms with Gasteiger partial charge in [-0.1, -0.05) is 20.8 Å². The lowest BCUT2D eigenvalue weighted by molar-refractivity contribution is -0.137. The summed E-state index contributed by atoms with van der Waals surface area (Å²) in [6, 6.07) is 0. The number of ketones is 1. The van der Waals surface area contributed by atoms with Gasteiger partial charge in [-0.3, -0.25) is 24.1 Å². The number of Topliss-reactive ketones (excluding diaryl/α,β-unsaturated/α-hetero) is 1. The first-order valence-corrected chi connectivity index (χ1v) is 11.5. The van der Waals surface area contributed by atoms with E-state index in [1.54, 1.807) is 0 Å². The molecular formula is C24H40N2O6. The molecule has 1 N–H and O–H groups in total. The summed E-state index contributed by atoms with van der Waals surface area (Å²) in [6.45, 7) is 13.3. The Labute approximate surface area is 192 Å². The lowest BCUT2D eigenvalue weighted by atomic mass is 9.98. The van der Waals surface area contributed by atoms with Gasteiger partial charge in [-0.05, 0) is 40.0 Å². The number of imide groups is 1. The first-order valence-electron chi connectivity index (χ1n) is 11.5. The number of nitrogens with one attached hydrogen (secondary N) is 1. The third-order valence-electron chi connectivity index (χ3n) is 5.83. The molecule has 1 aliphatic rings. The number of ether oxygens (including phenoxy) is 2. The minimum absolute atomic E-state index is 0.0259. The fraction of sp³-hybridized carbons (Fsp3) is 0.750. The third-order valence-corrected chi connectivity index (χ3v) is 5.83. The van der Waals surface area contributed by atoms with Crippen molar-refractivity contribution >= 4 is 23.5 Å². The van der Waals surface area contributed by atoms with E-state index >= 15 is 0 Å². The molecule has 1 atom stereocenters. The second kappa shape index (κ2) is 12.8. The molecule has 0 saturated carbocycles. The Morgan fingerprint density at radius 3 is 2.19 bits per heavy atom. The lowest BCUT2D eigenvalue weighted by Crippen LogP contribution is -2.38. The summed E-state index contributed by atoms with van der Waals surface area (Å²) in [5.74, 6) is -0.742. The van der Waals surface area contributed by atoms with E-state index < -0.39 is 0 Å². The van der Waals surface area contributed by atoms with Gasteiger partial charge in [0, 0.05) is 44.0 Å². The van der Waals surface area contributed by atoms with Crippen molar-refractivity contribution in [2.75, 3.05) is 26.3 Å². The number of hydrogen-bond acceptors (Lipinski definition) is 6. The minimum atomic E-state index is -0.389. The maximum absolute atomic E-state index is 12.1. The van der Waals surface area contributed by atoms with Gasteiger partial charge in [0.05, 0.1) is 24.4 Å². The zero-order chi connectivity index (χ0) is 24.4. The van der Waals surface area contributed by atoms with Crippen molar-refractivity contribution < 1.29 is 28.7 Å². The molecule has 0 aromatic heterocycles. The molecule has 1 rings (SSSR count). The van der Waals surface area contributed by atoms with E-state index in [0.717, 1.165) is 11.3 Å². The minimum Gasteiger partial charge on any atom is -0.375 e. The summed E-state index contributed by atoms with van der Waals surface area (Å²) in [7, 11) is 0. The Morgan fingerprint density at radius 2 is 1.62 bits per heavy atom. The topological polar surface area (TPSA) is 102 Å². The van der Waals surface area contributed by atoms with E-state index in [1.165, 1.54) is 12.2 Å². The van der Waals surface area contributed by atoms with E-state index in [-0.39, 0.29) is 53.6 Å². The molecule has 1 heterocycles. The second-order valence-corrected chi connectivity index (χ2v) is 9.39. The Balaban J connectivity index is 2.29. The van der Waals surface area contributed by atoms with Crippen molar-refractivity contribution in [3.63, 3.8) is 0 Å². The van der Waals surface area contributed by atoms with E-state index in [2.05, 4.69) is 5.32 Å². The fourth-order valence-electron chi connectivity index (χ4n) is 3.10. The van der Waals surface area contributed by atoms with E-state index in [1.807, 2.05) is 41.5 Å². The monoisotopic (exact) mass is 452 g/mol. The van der Waals surface area contributed by atoms with Crippen LogP contribution in [-0.2, 0) is 28.7 Å². The van der Waals surface area contributed by atoms with Crippen molar-refractivity contribution in [2.45, 2.75) is 84.8 Å². The Morgan fingerprint density at radius 1 is 1.00 bits per heavy atom. The number of carbonyl (C=O) groups is 4. The predicted molar refractivity (Wildman–Crippen MR) is 122 cm³/mol. The van der Waals surface area contributed by atoms with Crippen molar-refractivity contribution in [1.29, 1.82) is 0 Å². The quantitative estimate of drug-likeness (QED) is 0.361. The van der Waals surface area contributed by atoms with Crippen molar-refractivity contribution in [2.24, 2.45) is 5.92 Å². The van der Waals surface area contributed by atoms with Gasteiger partial charge in [0.25, 0.3) is 11.8 Å². The molecule has 182 valence electrons. The molecule has 1 aliphatic heterocycles. The number of amides is 3. The van der Waals surface area contributed by atoms with Crippen LogP contribution in [0.25, 0.3) is 0 Å². The highest BCUT2D eigenvalue weighted by atomic mass is 16.5. The Hall–Kier alpha value is -2.06. The van der Waals surface area contributed by atoms with Gasteiger partial charge in [0.1, 0.15) is 5.78 Å². The standard InChI is InChI=1S/C24H40N2O6/c1-7-24(6,32-17-13-23(4,5)31-16-11-19(27)18(2)3)12-14-25-20(28)10-15-26-21(29)8-9-22(26)30/h8-9,18H,7,10-17H2,1-6H3,(H,25,28). The molecule has 0 aromatic carbocycles. The van der Waals surface area contributed by atoms with Gasteiger partial charge in [-0.2, -0.15) is 0 Å². The summed E-state index contributed by atoms with van der Waals surface area (Å²) in [5, 5.41) is 2.84. The maximum Gasteiger partial charge on any atom is 0.253 e. The highest BCUT2D eigenvalue weighted by Gasteiger charge is 2.26. The van der Waals surface area contributed by atoms with Gasteiger partial charge < -0.3 is 14.8 Å². The predicted octanol–water partition coefficient (Wildman–Crippen LogP) is 2.79. The van der Waals surface area contributed by atoms with Gasteiger partial charge >= 0.3 is 0 Å². The van der Waals surface area contributed by atoms with Crippen LogP contribution >= 0.6 is 0 Å². The zero-order valence-electron chi connectivity index (χ0n) is 20.5. The molecular weight excluding hydrogens is 412 g/mol. The number of rotatable bonds is 16. The maximum atomic E-state index is 12.1. The van der Waals surface area contributed by atoms with Crippen LogP contribution in [0.5, 0.6) is 0 Å². The number of nitrogens with zero attached hydrogens (tertiary/aromatic N) is 1. The summed E-state index contributed by atoms with van der Waals surface area (Å²) in [4.78, 5) is 47.9. The fourth-order valence-corrected chi connectivity index (χ4v) is 3.10. The highest BCUT2D eigenvalue weighted by molar-refractivity contribution is 6.13. The van der Waals surface area contributed by atoms with Crippen LogP contribution < -0.4 is 5.32 Å². The molecule has 0 aliphatic carbocycles. The Bertz CT molecular complexity index is 683. The summed E-state index contributed by atoms with van der Waals surface area (Å²) < 4.78 is 12.0. The normalized spacial score (nSPS) is 16.0. The SMILES string of the molecule is CCC(C)(CCNC(=O)CCN1C(=O)C=CC1=O)OCCC(C)(C)OCCC(=O)C(C)C. The smallest absolute Gasteiger partial charge is 0.253 e. The van der Waals surface area contributed by atoms with Crippen LogP contribution in [0.1, 0.15) is 73.6 Å².